The molecule has 1 saturated carbocycles. The summed E-state index contributed by atoms with van der Waals surface area (Å²) in [6, 6.07) is 7.34. The van der Waals surface area contributed by atoms with E-state index in [0.717, 1.165) is 22.9 Å². The van der Waals surface area contributed by atoms with Gasteiger partial charge in [0.25, 0.3) is 10.0 Å². The Kier molecular flexibility index (Phi) is 4.68. The predicted octanol–water partition coefficient (Wildman–Crippen LogP) is 3.33. The van der Waals surface area contributed by atoms with Gasteiger partial charge < -0.3 is 5.73 Å². The maximum absolute atomic E-state index is 12.9. The molecular weight excluding hydrogens is 375 g/mol. The number of benzene rings is 1. The highest BCUT2D eigenvalue weighted by Crippen LogP contribution is 2.41. The second-order valence-electron chi connectivity index (χ2n) is 6.23. The third-order valence-electron chi connectivity index (χ3n) is 4.93. The molecule has 126 valence electrons. The van der Waals surface area contributed by atoms with Crippen molar-refractivity contribution in [2.45, 2.75) is 23.1 Å². The van der Waals surface area contributed by atoms with Crippen molar-refractivity contribution in [2.75, 3.05) is 13.1 Å². The van der Waals surface area contributed by atoms with Crippen LogP contribution in [0.2, 0.25) is 5.02 Å². The smallest absolute Gasteiger partial charge is 0.252 e. The highest BCUT2D eigenvalue weighted by atomic mass is 35.5. The molecule has 1 aromatic heterocycles. The third-order valence-corrected chi connectivity index (χ3v) is 8.56. The van der Waals surface area contributed by atoms with Crippen molar-refractivity contribution >= 4 is 55.5 Å². The quantitative estimate of drug-likeness (QED) is 0.851. The number of halogens is 2. The molecule has 1 aromatic carbocycles. The van der Waals surface area contributed by atoms with Crippen molar-refractivity contribution in [2.24, 2.45) is 17.6 Å². The van der Waals surface area contributed by atoms with Crippen LogP contribution in [0.4, 0.5) is 0 Å². The van der Waals surface area contributed by atoms with E-state index in [2.05, 4.69) is 0 Å². The van der Waals surface area contributed by atoms with E-state index in [1.54, 1.807) is 22.5 Å². The van der Waals surface area contributed by atoms with E-state index in [4.69, 9.17) is 17.3 Å². The number of thiophene rings is 1. The van der Waals surface area contributed by atoms with Gasteiger partial charge in [-0.2, -0.15) is 4.31 Å². The lowest BCUT2D eigenvalue weighted by molar-refractivity contribution is 0.428. The van der Waals surface area contributed by atoms with Crippen LogP contribution in [0.15, 0.2) is 28.5 Å². The zero-order chi connectivity index (χ0) is 15.5. The van der Waals surface area contributed by atoms with Gasteiger partial charge in [0.05, 0.1) is 0 Å². The Morgan fingerprint density at radius 3 is 2.74 bits per heavy atom. The van der Waals surface area contributed by atoms with E-state index in [1.165, 1.54) is 11.3 Å². The Balaban J connectivity index is 0.00000156. The molecule has 0 amide bonds. The second kappa shape index (κ2) is 6.17. The van der Waals surface area contributed by atoms with Gasteiger partial charge in [0.1, 0.15) is 4.21 Å². The Morgan fingerprint density at radius 1 is 1.22 bits per heavy atom. The molecule has 2 aliphatic rings. The van der Waals surface area contributed by atoms with Gasteiger partial charge in [-0.15, -0.1) is 23.7 Å². The van der Waals surface area contributed by atoms with E-state index in [9.17, 15) is 8.42 Å². The lowest BCUT2D eigenvalue weighted by Gasteiger charge is -2.17. The molecule has 3 unspecified atom stereocenters. The monoisotopic (exact) mass is 392 g/mol. The third kappa shape index (κ3) is 2.90. The van der Waals surface area contributed by atoms with Gasteiger partial charge in [0.2, 0.25) is 0 Å². The molecule has 0 bridgehead atoms. The first kappa shape index (κ1) is 17.5. The molecule has 2 N–H and O–H groups in total. The predicted molar refractivity (Wildman–Crippen MR) is 97.0 cm³/mol. The van der Waals surface area contributed by atoms with Crippen LogP contribution in [0.5, 0.6) is 0 Å². The molecule has 0 radical (unpaired) electrons. The second-order valence-corrected chi connectivity index (χ2v) is 9.92. The molecule has 3 atom stereocenters. The minimum atomic E-state index is -3.43. The number of hydrogen-bond donors (Lipinski definition) is 1. The summed E-state index contributed by atoms with van der Waals surface area (Å²) >= 11 is 7.29. The van der Waals surface area contributed by atoms with E-state index in [0.29, 0.717) is 34.2 Å². The Morgan fingerprint density at radius 2 is 2.00 bits per heavy atom. The summed E-state index contributed by atoms with van der Waals surface area (Å²) < 4.78 is 28.7. The van der Waals surface area contributed by atoms with Gasteiger partial charge in [-0.05, 0) is 54.3 Å². The molecular formula is C15H18Cl2N2O2S2. The van der Waals surface area contributed by atoms with Crippen molar-refractivity contribution in [3.8, 4) is 0 Å². The van der Waals surface area contributed by atoms with Gasteiger partial charge in [-0.3, -0.25) is 0 Å². The number of fused-ring (bicyclic) bond motifs is 2. The fraction of sp³-hybridized carbons (Fsp3) is 0.467. The fourth-order valence-corrected chi connectivity index (χ4v) is 6.96. The summed E-state index contributed by atoms with van der Waals surface area (Å²) in [6.45, 7) is 1.17. The molecule has 8 heteroatoms. The molecule has 1 aliphatic heterocycles. The van der Waals surface area contributed by atoms with Crippen molar-refractivity contribution in [3.63, 3.8) is 0 Å². The van der Waals surface area contributed by atoms with Crippen molar-refractivity contribution in [3.05, 3.63) is 29.3 Å². The number of sulfonamides is 1. The van der Waals surface area contributed by atoms with Crippen LogP contribution in [-0.4, -0.2) is 31.9 Å². The number of hydrogen-bond acceptors (Lipinski definition) is 4. The topological polar surface area (TPSA) is 63.4 Å². The Hall–Kier alpha value is -0.370. The summed E-state index contributed by atoms with van der Waals surface area (Å²) in [4.78, 5) is 0. The van der Waals surface area contributed by atoms with Crippen molar-refractivity contribution < 1.29 is 8.42 Å². The molecule has 2 aromatic rings. The molecule has 1 saturated heterocycles. The lowest BCUT2D eigenvalue weighted by atomic mass is 9.98. The van der Waals surface area contributed by atoms with Gasteiger partial charge in [-0.25, -0.2) is 8.42 Å². The normalized spacial score (nSPS) is 28.0. The number of nitrogens with zero attached hydrogens (tertiary/aromatic N) is 1. The fourth-order valence-electron chi connectivity index (χ4n) is 3.71. The average molecular weight is 393 g/mol. The standard InChI is InChI=1S/C15H17ClN2O2S2.ClH/c16-11-2-4-14-10(5-11)6-15(21-14)22(19,20)18-7-9-1-3-13(17)12(9)8-18;/h2,4-6,9,12-13H,1,3,7-8,17H2;1H. The molecule has 0 spiro atoms. The number of nitrogens with two attached hydrogens (primary N) is 1. The van der Waals surface area contributed by atoms with Crippen LogP contribution in [-0.2, 0) is 10.0 Å². The largest absolute Gasteiger partial charge is 0.327 e. The molecule has 2 heterocycles. The minimum absolute atomic E-state index is 0. The first-order valence-electron chi connectivity index (χ1n) is 7.40. The van der Waals surface area contributed by atoms with Crippen molar-refractivity contribution in [1.82, 2.24) is 4.31 Å². The lowest BCUT2D eigenvalue weighted by Crippen LogP contribution is -2.33. The van der Waals surface area contributed by atoms with Crippen LogP contribution >= 0.6 is 35.3 Å². The number of rotatable bonds is 2. The van der Waals surface area contributed by atoms with E-state index in [1.807, 2.05) is 6.07 Å². The van der Waals surface area contributed by atoms with Gasteiger partial charge in [-0.1, -0.05) is 11.6 Å². The summed E-state index contributed by atoms with van der Waals surface area (Å²) in [6.07, 6.45) is 2.06. The van der Waals surface area contributed by atoms with Crippen molar-refractivity contribution in [1.29, 1.82) is 0 Å². The average Bonchev–Trinajstić information content (AvgIpc) is 3.14. The van der Waals surface area contributed by atoms with Crippen LogP contribution < -0.4 is 5.73 Å². The summed E-state index contributed by atoms with van der Waals surface area (Å²) in [7, 11) is -3.43. The summed E-state index contributed by atoms with van der Waals surface area (Å²) in [5.74, 6) is 0.743. The molecule has 2 fully saturated rings. The zero-order valence-corrected chi connectivity index (χ0v) is 15.5. The minimum Gasteiger partial charge on any atom is -0.327 e. The first-order valence-corrected chi connectivity index (χ1v) is 10.0. The van der Waals surface area contributed by atoms with Crippen LogP contribution in [0.1, 0.15) is 12.8 Å². The zero-order valence-electron chi connectivity index (χ0n) is 12.3. The molecule has 4 nitrogen and oxygen atoms in total. The van der Waals surface area contributed by atoms with Gasteiger partial charge in [0.15, 0.2) is 0 Å². The maximum Gasteiger partial charge on any atom is 0.252 e. The molecule has 23 heavy (non-hydrogen) atoms. The molecule has 1 aliphatic carbocycles. The van der Waals surface area contributed by atoms with E-state index < -0.39 is 10.0 Å². The highest BCUT2D eigenvalue weighted by molar-refractivity contribution is 7.91. The Labute approximate surface area is 151 Å². The first-order chi connectivity index (χ1) is 10.4. The maximum atomic E-state index is 12.9. The summed E-state index contributed by atoms with van der Waals surface area (Å²) in [5.41, 5.74) is 6.11. The van der Waals surface area contributed by atoms with Gasteiger partial charge >= 0.3 is 0 Å². The van der Waals surface area contributed by atoms with Gasteiger partial charge in [0, 0.05) is 28.9 Å². The molecule has 4 rings (SSSR count). The van der Waals surface area contributed by atoms with E-state index in [-0.39, 0.29) is 18.4 Å². The van der Waals surface area contributed by atoms with Crippen LogP contribution in [0.25, 0.3) is 10.1 Å². The SMILES string of the molecule is Cl.NC1CCC2CN(S(=O)(=O)c3cc4cc(Cl)ccc4s3)CC12. The Bertz CT molecular complexity index is 837. The summed E-state index contributed by atoms with van der Waals surface area (Å²) in [5, 5.41) is 1.50. The van der Waals surface area contributed by atoms with E-state index >= 15 is 0 Å². The highest BCUT2D eigenvalue weighted by Gasteiger charge is 2.45. The van der Waals surface area contributed by atoms with Crippen LogP contribution in [0.3, 0.4) is 0 Å². The van der Waals surface area contributed by atoms with Crippen LogP contribution in [0, 0.1) is 11.8 Å².